The van der Waals surface area contributed by atoms with Crippen LogP contribution in [0.15, 0.2) is 5.11 Å². The fraction of sp³-hybridized carbons (Fsp3) is 0.800. The Labute approximate surface area is 64.2 Å². The van der Waals surface area contributed by atoms with Gasteiger partial charge in [-0.3, -0.25) is 4.79 Å². The van der Waals surface area contributed by atoms with Gasteiger partial charge in [0.1, 0.15) is 6.04 Å². The zero-order chi connectivity index (χ0) is 9.02. The van der Waals surface area contributed by atoms with Crippen LogP contribution in [0, 0.1) is 10.4 Å². The number of hydrogen-bond acceptors (Lipinski definition) is 4. The second-order valence-electron chi connectivity index (χ2n) is 2.25. The molecule has 0 spiro atoms. The molecule has 0 aromatic rings. The smallest absolute Gasteiger partial charge is 0.267 e. The first-order valence-electron chi connectivity index (χ1n) is 3.11. The van der Waals surface area contributed by atoms with Gasteiger partial charge in [0.25, 0.3) is 5.91 Å². The van der Waals surface area contributed by atoms with Crippen molar-refractivity contribution in [2.45, 2.75) is 26.8 Å². The largest absolute Gasteiger partial charge is 0.697 e. The minimum Gasteiger partial charge on any atom is -0.697 e. The summed E-state index contributed by atoms with van der Waals surface area (Å²) in [5, 5.41) is 23.9. The van der Waals surface area contributed by atoms with Gasteiger partial charge < -0.3 is 10.4 Å². The lowest BCUT2D eigenvalue weighted by molar-refractivity contribution is -0.662. The van der Waals surface area contributed by atoms with Crippen LogP contribution in [0.2, 0.25) is 0 Å². The molecule has 1 amide bonds. The van der Waals surface area contributed by atoms with Crippen LogP contribution >= 0.6 is 0 Å². The summed E-state index contributed by atoms with van der Waals surface area (Å²) < 4.78 is 0. The highest BCUT2D eigenvalue weighted by atomic mass is 16.7. The Hall–Kier alpha value is -1.17. The molecule has 0 saturated heterocycles. The number of amides is 1. The molecule has 0 aromatic carbocycles. The zero-order valence-corrected chi connectivity index (χ0v) is 6.64. The summed E-state index contributed by atoms with van der Waals surface area (Å²) >= 11 is 0. The number of carbonyl (C=O) groups excluding carboxylic acids is 1. The second kappa shape index (κ2) is 3.87. The lowest BCUT2D eigenvalue weighted by Crippen LogP contribution is -2.29. The van der Waals surface area contributed by atoms with Crippen molar-refractivity contribution >= 4 is 5.91 Å². The lowest BCUT2D eigenvalue weighted by Gasteiger charge is -2.18. The summed E-state index contributed by atoms with van der Waals surface area (Å²) in [6, 6.07) is -0.303. The Balaban J connectivity index is 4.23. The molecule has 0 bridgehead atoms. The van der Waals surface area contributed by atoms with Gasteiger partial charge in [-0.15, -0.1) is 5.17 Å². The molecule has 0 rings (SSSR count). The maximum Gasteiger partial charge on any atom is 0.267 e. The first-order valence-corrected chi connectivity index (χ1v) is 3.11. The van der Waals surface area contributed by atoms with Crippen molar-refractivity contribution in [3.05, 3.63) is 10.4 Å². The lowest BCUT2D eigenvalue weighted by atomic mass is 10.4. The molecule has 0 aliphatic carbocycles. The average molecular weight is 160 g/mol. The van der Waals surface area contributed by atoms with Gasteiger partial charge in [0.15, 0.2) is 0 Å². The molecule has 0 saturated carbocycles. The summed E-state index contributed by atoms with van der Waals surface area (Å²) in [7, 11) is 0. The van der Waals surface area contributed by atoms with Crippen LogP contribution in [-0.4, -0.2) is 22.1 Å². The van der Waals surface area contributed by atoms with Crippen molar-refractivity contribution in [3.63, 3.8) is 0 Å². The summed E-state index contributed by atoms with van der Waals surface area (Å²) in [6.45, 7) is 4.24. The van der Waals surface area contributed by atoms with E-state index in [1.165, 1.54) is 0 Å². The zero-order valence-electron chi connectivity index (χ0n) is 6.64. The van der Waals surface area contributed by atoms with Crippen LogP contribution in [0.3, 0.4) is 0 Å². The average Bonchev–Trinajstić information content (AvgIpc) is 1.84. The van der Waals surface area contributed by atoms with Gasteiger partial charge in [0.2, 0.25) is 0 Å². The molecule has 0 unspecified atom stereocenters. The first-order chi connectivity index (χ1) is 4.95. The van der Waals surface area contributed by atoms with E-state index in [1.54, 1.807) is 13.8 Å². The third kappa shape index (κ3) is 3.51. The fourth-order valence-corrected chi connectivity index (χ4v) is 0.365. The normalized spacial score (nSPS) is 11.9. The monoisotopic (exact) mass is 160 g/mol. The highest BCUT2D eigenvalue weighted by Crippen LogP contribution is 1.92. The summed E-state index contributed by atoms with van der Waals surface area (Å²) in [6.07, 6.45) is 0. The SMILES string of the molecule is CC(=O)N([O-])[N+]([O-])=NC(C)C. The van der Waals surface area contributed by atoms with Crippen molar-refractivity contribution in [3.8, 4) is 0 Å². The Bertz CT molecular complexity index is 178. The van der Waals surface area contributed by atoms with Crippen LogP contribution in [0.4, 0.5) is 0 Å². The van der Waals surface area contributed by atoms with E-state index < -0.39 is 5.91 Å². The van der Waals surface area contributed by atoms with Crippen LogP contribution in [0.5, 0.6) is 0 Å². The fourth-order valence-electron chi connectivity index (χ4n) is 0.365. The molecule has 0 aliphatic rings. The number of rotatable bonds is 2. The molecule has 0 aliphatic heterocycles. The molecule has 0 radical (unpaired) electrons. The van der Waals surface area contributed by atoms with Gasteiger partial charge in [0.05, 0.1) is 0 Å². The highest BCUT2D eigenvalue weighted by Gasteiger charge is 2.05. The van der Waals surface area contributed by atoms with E-state index in [-0.39, 0.29) is 16.2 Å². The van der Waals surface area contributed by atoms with Gasteiger partial charge in [-0.1, -0.05) is 0 Å². The molecule has 6 heteroatoms. The molecule has 0 heterocycles. The van der Waals surface area contributed by atoms with Crippen LogP contribution < -0.4 is 0 Å². The third-order valence-electron chi connectivity index (χ3n) is 0.754. The van der Waals surface area contributed by atoms with Gasteiger partial charge in [-0.25, -0.2) is 0 Å². The van der Waals surface area contributed by atoms with E-state index in [0.29, 0.717) is 0 Å². The van der Waals surface area contributed by atoms with Gasteiger partial charge in [-0.05, 0) is 13.8 Å². The number of hydrogen-bond donors (Lipinski definition) is 0. The van der Waals surface area contributed by atoms with Crippen molar-refractivity contribution < 1.29 is 9.76 Å². The van der Waals surface area contributed by atoms with E-state index in [9.17, 15) is 15.2 Å². The Morgan fingerprint density at radius 2 is 2.09 bits per heavy atom. The first kappa shape index (κ1) is 9.83. The standard InChI is InChI=1S/C5H10N3O3/c1-4(2)6-8(11)7(10)5(3)9/h4H,1-3H3/q-1. The van der Waals surface area contributed by atoms with E-state index in [2.05, 4.69) is 5.11 Å². The highest BCUT2D eigenvalue weighted by molar-refractivity contribution is 5.72. The molecular formula is C5H10N3O3-. The van der Waals surface area contributed by atoms with Crippen molar-refractivity contribution in [1.29, 1.82) is 0 Å². The van der Waals surface area contributed by atoms with Crippen molar-refractivity contribution in [2.24, 2.45) is 5.11 Å². The van der Waals surface area contributed by atoms with E-state index in [1.807, 2.05) is 0 Å². The van der Waals surface area contributed by atoms with Crippen LogP contribution in [0.1, 0.15) is 20.8 Å². The maximum atomic E-state index is 10.5. The molecular weight excluding hydrogens is 150 g/mol. The predicted molar refractivity (Wildman–Crippen MR) is 37.1 cm³/mol. The van der Waals surface area contributed by atoms with Gasteiger partial charge in [0, 0.05) is 17.0 Å². The van der Waals surface area contributed by atoms with E-state index in [0.717, 1.165) is 6.92 Å². The molecule has 0 atom stereocenters. The van der Waals surface area contributed by atoms with Gasteiger partial charge in [-0.2, -0.15) is 0 Å². The molecule has 11 heavy (non-hydrogen) atoms. The number of hydrazine groups is 1. The minimum absolute atomic E-state index is 0.257. The summed E-state index contributed by atoms with van der Waals surface area (Å²) in [5.41, 5.74) is 0. The Morgan fingerprint density at radius 1 is 1.64 bits per heavy atom. The molecule has 0 fully saturated rings. The van der Waals surface area contributed by atoms with Crippen molar-refractivity contribution in [2.75, 3.05) is 0 Å². The maximum absolute atomic E-state index is 10.5. The Morgan fingerprint density at radius 3 is 2.36 bits per heavy atom. The molecule has 6 nitrogen and oxygen atoms in total. The minimum atomic E-state index is -0.885. The third-order valence-corrected chi connectivity index (χ3v) is 0.754. The Kier molecular flexibility index (Phi) is 3.46. The molecule has 0 N–H and O–H groups in total. The van der Waals surface area contributed by atoms with E-state index in [4.69, 9.17) is 0 Å². The summed E-state index contributed by atoms with van der Waals surface area (Å²) in [4.78, 5) is 10.0. The summed E-state index contributed by atoms with van der Waals surface area (Å²) in [5.74, 6) is -0.885. The molecule has 0 aromatic heterocycles. The topological polar surface area (TPSA) is 81.8 Å². The number of nitrogens with zero attached hydrogens (tertiary/aromatic N) is 3. The van der Waals surface area contributed by atoms with Gasteiger partial charge >= 0.3 is 0 Å². The second-order valence-corrected chi connectivity index (χ2v) is 2.25. The molecule has 64 valence electrons. The quantitative estimate of drug-likeness (QED) is 0.337. The predicted octanol–water partition coefficient (Wildman–Crippen LogP) is 0.619. The van der Waals surface area contributed by atoms with Crippen LogP contribution in [0.25, 0.3) is 0 Å². The van der Waals surface area contributed by atoms with E-state index >= 15 is 0 Å². The van der Waals surface area contributed by atoms with Crippen LogP contribution in [-0.2, 0) is 4.79 Å². The van der Waals surface area contributed by atoms with Crippen molar-refractivity contribution in [1.82, 2.24) is 5.17 Å². The number of hydroxylamine groups is 1. The number of carbonyl (C=O) groups is 1.